The minimum absolute atomic E-state index is 0.0197. The minimum atomic E-state index is -0.0197. The van der Waals surface area contributed by atoms with E-state index in [0.29, 0.717) is 12.1 Å². The molecule has 2 heteroatoms. The standard InChI is InChI=1S/C7H13NO/c1-8-5-2-3-6(8)7(9)4-5/h5-7,9H,2-4H2,1H3/t5-,6+,7+/m1/s1. The third-order valence-electron chi connectivity index (χ3n) is 2.85. The van der Waals surface area contributed by atoms with Crippen molar-refractivity contribution in [2.24, 2.45) is 0 Å². The van der Waals surface area contributed by atoms with Gasteiger partial charge < -0.3 is 5.11 Å². The van der Waals surface area contributed by atoms with Gasteiger partial charge in [-0.2, -0.15) is 0 Å². The highest BCUT2D eigenvalue weighted by Gasteiger charge is 2.42. The first-order valence-electron chi connectivity index (χ1n) is 3.69. The van der Waals surface area contributed by atoms with Gasteiger partial charge in [0.25, 0.3) is 0 Å². The molecule has 0 aromatic heterocycles. The Morgan fingerprint density at radius 1 is 1.44 bits per heavy atom. The van der Waals surface area contributed by atoms with Gasteiger partial charge in [0, 0.05) is 12.1 Å². The van der Waals surface area contributed by atoms with Crippen molar-refractivity contribution in [2.45, 2.75) is 37.5 Å². The molecule has 0 unspecified atom stereocenters. The van der Waals surface area contributed by atoms with E-state index in [0.717, 1.165) is 6.42 Å². The Bertz CT molecular complexity index is 126. The normalized spacial score (nSPS) is 50.7. The molecular weight excluding hydrogens is 114 g/mol. The maximum absolute atomic E-state index is 9.35. The smallest absolute Gasteiger partial charge is 0.0710 e. The Morgan fingerprint density at radius 3 is 2.44 bits per heavy atom. The van der Waals surface area contributed by atoms with Crippen molar-refractivity contribution in [3.63, 3.8) is 0 Å². The van der Waals surface area contributed by atoms with Crippen molar-refractivity contribution >= 4 is 0 Å². The third-order valence-corrected chi connectivity index (χ3v) is 2.85. The first-order chi connectivity index (χ1) is 4.29. The number of nitrogens with zero attached hydrogens (tertiary/aromatic N) is 1. The number of likely N-dealkylation sites (N-methyl/N-ethyl adjacent to an activating group) is 1. The van der Waals surface area contributed by atoms with Crippen LogP contribution in [0.1, 0.15) is 19.3 Å². The third kappa shape index (κ3) is 0.634. The summed E-state index contributed by atoms with van der Waals surface area (Å²) in [6.07, 6.45) is 3.51. The summed E-state index contributed by atoms with van der Waals surface area (Å²) in [4.78, 5) is 2.32. The Kier molecular flexibility index (Phi) is 1.08. The van der Waals surface area contributed by atoms with Crippen LogP contribution in [0.2, 0.25) is 0 Å². The fraction of sp³-hybridized carbons (Fsp3) is 1.00. The van der Waals surface area contributed by atoms with Crippen molar-refractivity contribution in [1.29, 1.82) is 0 Å². The monoisotopic (exact) mass is 127 g/mol. The van der Waals surface area contributed by atoms with E-state index >= 15 is 0 Å². The zero-order chi connectivity index (χ0) is 6.43. The van der Waals surface area contributed by atoms with Gasteiger partial charge in [0.2, 0.25) is 0 Å². The fourth-order valence-electron chi connectivity index (χ4n) is 2.22. The molecule has 2 rings (SSSR count). The lowest BCUT2D eigenvalue weighted by Crippen LogP contribution is -2.28. The Hall–Kier alpha value is -0.0800. The summed E-state index contributed by atoms with van der Waals surface area (Å²) in [6, 6.07) is 1.19. The van der Waals surface area contributed by atoms with Gasteiger partial charge in [-0.25, -0.2) is 0 Å². The van der Waals surface area contributed by atoms with Crippen LogP contribution in [0.15, 0.2) is 0 Å². The van der Waals surface area contributed by atoms with Gasteiger partial charge in [0.05, 0.1) is 6.10 Å². The molecule has 2 fully saturated rings. The number of aliphatic hydroxyl groups is 1. The van der Waals surface area contributed by atoms with Gasteiger partial charge in [0.1, 0.15) is 0 Å². The van der Waals surface area contributed by atoms with Crippen molar-refractivity contribution < 1.29 is 5.11 Å². The molecule has 2 saturated heterocycles. The molecule has 0 saturated carbocycles. The number of aliphatic hydroxyl groups excluding tert-OH is 1. The van der Waals surface area contributed by atoms with Gasteiger partial charge in [-0.1, -0.05) is 0 Å². The topological polar surface area (TPSA) is 23.5 Å². The van der Waals surface area contributed by atoms with Crippen molar-refractivity contribution in [1.82, 2.24) is 4.90 Å². The first-order valence-corrected chi connectivity index (χ1v) is 3.69. The average molecular weight is 127 g/mol. The number of hydrogen-bond acceptors (Lipinski definition) is 2. The predicted octanol–water partition coefficient (Wildman–Crippen LogP) is 0.214. The Labute approximate surface area is 55.5 Å². The van der Waals surface area contributed by atoms with Crippen LogP contribution in [0.3, 0.4) is 0 Å². The molecule has 1 N–H and O–H groups in total. The maximum atomic E-state index is 9.35. The van der Waals surface area contributed by atoms with E-state index in [9.17, 15) is 5.11 Å². The van der Waals surface area contributed by atoms with Crippen molar-refractivity contribution in [3.05, 3.63) is 0 Å². The number of hydrogen-bond donors (Lipinski definition) is 1. The first kappa shape index (κ1) is 5.69. The molecule has 2 heterocycles. The van der Waals surface area contributed by atoms with E-state index in [2.05, 4.69) is 11.9 Å². The molecular formula is C7H13NO. The summed E-state index contributed by atoms with van der Waals surface area (Å²) < 4.78 is 0. The van der Waals surface area contributed by atoms with Gasteiger partial charge >= 0.3 is 0 Å². The van der Waals surface area contributed by atoms with E-state index in [-0.39, 0.29) is 6.10 Å². The molecule has 2 nitrogen and oxygen atoms in total. The SMILES string of the molecule is CN1[C@@H]2CC[C@H]1[C@@H](O)C2. The van der Waals surface area contributed by atoms with Gasteiger partial charge in [-0.3, -0.25) is 4.90 Å². The molecule has 2 bridgehead atoms. The quantitative estimate of drug-likeness (QED) is 0.503. The minimum Gasteiger partial charge on any atom is -0.391 e. The summed E-state index contributed by atoms with van der Waals surface area (Å²) in [5.41, 5.74) is 0. The van der Waals surface area contributed by atoms with E-state index in [1.54, 1.807) is 0 Å². The summed E-state index contributed by atoms with van der Waals surface area (Å²) in [5, 5.41) is 9.35. The highest BCUT2D eigenvalue weighted by Crippen LogP contribution is 2.35. The van der Waals surface area contributed by atoms with Crippen LogP contribution in [0.5, 0.6) is 0 Å². The molecule has 9 heavy (non-hydrogen) atoms. The molecule has 0 radical (unpaired) electrons. The molecule has 0 spiro atoms. The molecule has 3 atom stereocenters. The second-order valence-electron chi connectivity index (χ2n) is 3.27. The highest BCUT2D eigenvalue weighted by atomic mass is 16.3. The second-order valence-corrected chi connectivity index (χ2v) is 3.27. The summed E-state index contributed by atoms with van der Waals surface area (Å²) in [5.74, 6) is 0. The van der Waals surface area contributed by atoms with Crippen LogP contribution in [-0.2, 0) is 0 Å². The molecule has 2 aliphatic rings. The Balaban J connectivity index is 2.16. The average Bonchev–Trinajstić information content (AvgIpc) is 2.25. The van der Waals surface area contributed by atoms with Crippen LogP contribution < -0.4 is 0 Å². The lowest BCUT2D eigenvalue weighted by atomic mass is 9.98. The number of fused-ring (bicyclic) bond motifs is 2. The van der Waals surface area contributed by atoms with Crippen LogP contribution >= 0.6 is 0 Å². The van der Waals surface area contributed by atoms with Crippen LogP contribution in [0.25, 0.3) is 0 Å². The van der Waals surface area contributed by atoms with Crippen molar-refractivity contribution in [2.75, 3.05) is 7.05 Å². The van der Waals surface area contributed by atoms with Gasteiger partial charge in [-0.15, -0.1) is 0 Å². The number of rotatable bonds is 0. The summed E-state index contributed by atoms with van der Waals surface area (Å²) >= 11 is 0. The zero-order valence-corrected chi connectivity index (χ0v) is 5.75. The van der Waals surface area contributed by atoms with Gasteiger partial charge in [-0.05, 0) is 26.3 Å². The largest absolute Gasteiger partial charge is 0.391 e. The molecule has 0 aromatic carbocycles. The van der Waals surface area contributed by atoms with Crippen LogP contribution in [-0.4, -0.2) is 35.2 Å². The Morgan fingerprint density at radius 2 is 2.22 bits per heavy atom. The maximum Gasteiger partial charge on any atom is 0.0710 e. The lowest BCUT2D eigenvalue weighted by Gasteiger charge is -2.15. The molecule has 52 valence electrons. The van der Waals surface area contributed by atoms with Crippen LogP contribution in [0.4, 0.5) is 0 Å². The lowest BCUT2D eigenvalue weighted by molar-refractivity contribution is 0.128. The molecule has 0 amide bonds. The predicted molar refractivity (Wildman–Crippen MR) is 35.2 cm³/mol. The van der Waals surface area contributed by atoms with Crippen LogP contribution in [0, 0.1) is 0 Å². The molecule has 2 aliphatic heterocycles. The second kappa shape index (κ2) is 1.70. The summed E-state index contributed by atoms with van der Waals surface area (Å²) in [7, 11) is 2.12. The zero-order valence-electron chi connectivity index (χ0n) is 5.75. The van der Waals surface area contributed by atoms with E-state index in [1.807, 2.05) is 0 Å². The van der Waals surface area contributed by atoms with Gasteiger partial charge in [0.15, 0.2) is 0 Å². The van der Waals surface area contributed by atoms with E-state index in [4.69, 9.17) is 0 Å². The molecule has 0 aromatic rings. The summed E-state index contributed by atoms with van der Waals surface area (Å²) in [6.45, 7) is 0. The van der Waals surface area contributed by atoms with E-state index in [1.165, 1.54) is 12.8 Å². The van der Waals surface area contributed by atoms with Crippen molar-refractivity contribution in [3.8, 4) is 0 Å². The molecule has 0 aliphatic carbocycles. The van der Waals surface area contributed by atoms with E-state index < -0.39 is 0 Å². The fourth-order valence-corrected chi connectivity index (χ4v) is 2.22. The highest BCUT2D eigenvalue weighted by molar-refractivity contribution is 4.98.